The van der Waals surface area contributed by atoms with E-state index in [9.17, 15) is 9.59 Å². The molecule has 6 heteroatoms. The first-order valence-corrected chi connectivity index (χ1v) is 11.1. The fourth-order valence-corrected chi connectivity index (χ4v) is 3.38. The Morgan fingerprint density at radius 2 is 1.77 bits per heavy atom. The van der Waals surface area contributed by atoms with Crippen molar-refractivity contribution in [2.45, 2.75) is 67.7 Å². The average molecular weight is 427 g/mol. The second-order valence-electron chi connectivity index (χ2n) is 10.1. The van der Waals surface area contributed by atoms with Gasteiger partial charge in [0.2, 0.25) is 11.8 Å². The van der Waals surface area contributed by atoms with Gasteiger partial charge in [0, 0.05) is 23.9 Å². The molecule has 0 fully saturated rings. The predicted octanol–water partition coefficient (Wildman–Crippen LogP) is 4.87. The third kappa shape index (κ3) is 6.18. The van der Waals surface area contributed by atoms with Crippen LogP contribution in [0.4, 0.5) is 5.82 Å². The number of benzene rings is 1. The number of carbonyl (C=O) groups excluding carboxylic acids is 2. The van der Waals surface area contributed by atoms with Crippen molar-refractivity contribution in [1.29, 1.82) is 0 Å². The van der Waals surface area contributed by atoms with E-state index in [-0.39, 0.29) is 35.6 Å². The van der Waals surface area contributed by atoms with Crippen molar-refractivity contribution < 1.29 is 9.59 Å². The van der Waals surface area contributed by atoms with E-state index in [1.165, 1.54) is 0 Å². The van der Waals surface area contributed by atoms with Crippen molar-refractivity contribution in [3.63, 3.8) is 0 Å². The molecule has 1 N–H and O–H groups in total. The van der Waals surface area contributed by atoms with E-state index in [2.05, 4.69) is 46.0 Å². The smallest absolute Gasteiger partial charge is 0.245 e. The lowest BCUT2D eigenvalue weighted by atomic mass is 9.92. The van der Waals surface area contributed by atoms with Crippen molar-refractivity contribution in [3.05, 3.63) is 41.1 Å². The first-order valence-electron chi connectivity index (χ1n) is 11.1. The molecule has 0 radical (unpaired) electrons. The monoisotopic (exact) mass is 426 g/mol. The molecule has 0 saturated carbocycles. The molecule has 1 aromatic heterocycles. The molecule has 0 atom stereocenters. The highest BCUT2D eigenvalue weighted by atomic mass is 16.2. The Morgan fingerprint density at radius 3 is 2.32 bits per heavy atom. The van der Waals surface area contributed by atoms with E-state index in [0.29, 0.717) is 12.4 Å². The maximum Gasteiger partial charge on any atom is 0.245 e. The standard InChI is InChI=1S/C25H38N4O2/c1-16(2)14-28(24(31)17(3)4)15-23(30)26-22-13-21(25(7,8)9)27-29(22)20-12-10-11-18(5)19(20)6/h10-13,16-17H,14-15H2,1-9H3,(H,26,30). The normalized spacial score (nSPS) is 11.8. The van der Waals surface area contributed by atoms with Crippen LogP contribution in [0.25, 0.3) is 5.69 Å². The van der Waals surface area contributed by atoms with Gasteiger partial charge < -0.3 is 10.2 Å². The quantitative estimate of drug-likeness (QED) is 0.687. The van der Waals surface area contributed by atoms with Gasteiger partial charge in [-0.05, 0) is 37.0 Å². The zero-order valence-corrected chi connectivity index (χ0v) is 20.5. The summed E-state index contributed by atoms with van der Waals surface area (Å²) in [6.07, 6.45) is 0. The van der Waals surface area contributed by atoms with Crippen LogP contribution in [0.15, 0.2) is 24.3 Å². The second kappa shape index (κ2) is 9.67. The molecule has 2 amide bonds. The molecule has 170 valence electrons. The minimum atomic E-state index is -0.221. The minimum absolute atomic E-state index is 0.0118. The number of carbonyl (C=O) groups is 2. The van der Waals surface area contributed by atoms with Gasteiger partial charge in [-0.15, -0.1) is 0 Å². The van der Waals surface area contributed by atoms with Gasteiger partial charge in [0.15, 0.2) is 0 Å². The Bertz CT molecular complexity index is 935. The number of aryl methyl sites for hydroxylation is 1. The van der Waals surface area contributed by atoms with Crippen molar-refractivity contribution in [3.8, 4) is 5.69 Å². The lowest BCUT2D eigenvalue weighted by molar-refractivity contribution is -0.138. The third-order valence-corrected chi connectivity index (χ3v) is 5.28. The van der Waals surface area contributed by atoms with E-state index in [4.69, 9.17) is 5.10 Å². The van der Waals surface area contributed by atoms with Gasteiger partial charge in [-0.1, -0.05) is 60.6 Å². The van der Waals surface area contributed by atoms with Crippen molar-refractivity contribution >= 4 is 17.6 Å². The van der Waals surface area contributed by atoms with Gasteiger partial charge in [0.1, 0.15) is 5.82 Å². The summed E-state index contributed by atoms with van der Waals surface area (Å²) < 4.78 is 1.80. The van der Waals surface area contributed by atoms with Crippen LogP contribution in [0.3, 0.4) is 0 Å². The van der Waals surface area contributed by atoms with E-state index in [0.717, 1.165) is 22.5 Å². The summed E-state index contributed by atoms with van der Waals surface area (Å²) in [5.41, 5.74) is 3.93. The fourth-order valence-electron chi connectivity index (χ4n) is 3.38. The number of hydrogen-bond acceptors (Lipinski definition) is 3. The molecule has 2 aromatic rings. The van der Waals surface area contributed by atoms with E-state index in [1.54, 1.807) is 9.58 Å². The fraction of sp³-hybridized carbons (Fsp3) is 0.560. The van der Waals surface area contributed by atoms with Gasteiger partial charge >= 0.3 is 0 Å². The summed E-state index contributed by atoms with van der Waals surface area (Å²) in [6, 6.07) is 7.99. The average Bonchev–Trinajstić information content (AvgIpc) is 3.06. The van der Waals surface area contributed by atoms with Crippen LogP contribution in [0.2, 0.25) is 0 Å². The summed E-state index contributed by atoms with van der Waals surface area (Å²) in [5, 5.41) is 7.83. The van der Waals surface area contributed by atoms with Crippen LogP contribution in [0.5, 0.6) is 0 Å². The van der Waals surface area contributed by atoms with Crippen molar-refractivity contribution in [2.75, 3.05) is 18.4 Å². The lowest BCUT2D eigenvalue weighted by Gasteiger charge is -2.25. The first-order chi connectivity index (χ1) is 14.3. The van der Waals surface area contributed by atoms with Gasteiger partial charge in [-0.2, -0.15) is 5.10 Å². The van der Waals surface area contributed by atoms with Gasteiger partial charge in [0.05, 0.1) is 17.9 Å². The summed E-state index contributed by atoms with van der Waals surface area (Å²) in [6.45, 7) is 18.8. The molecule has 0 bridgehead atoms. The molecule has 0 aliphatic carbocycles. The van der Waals surface area contributed by atoms with Crippen LogP contribution in [-0.4, -0.2) is 39.6 Å². The number of anilines is 1. The van der Waals surface area contributed by atoms with Gasteiger partial charge in [0.25, 0.3) is 0 Å². The van der Waals surface area contributed by atoms with E-state index >= 15 is 0 Å². The molecule has 6 nitrogen and oxygen atoms in total. The van der Waals surface area contributed by atoms with Crippen LogP contribution in [0, 0.1) is 25.7 Å². The predicted molar refractivity (Wildman–Crippen MR) is 127 cm³/mol. The highest BCUT2D eigenvalue weighted by Gasteiger charge is 2.24. The Labute approximate surface area is 187 Å². The van der Waals surface area contributed by atoms with Crippen molar-refractivity contribution in [1.82, 2.24) is 14.7 Å². The van der Waals surface area contributed by atoms with Crippen molar-refractivity contribution in [2.24, 2.45) is 11.8 Å². The highest BCUT2D eigenvalue weighted by Crippen LogP contribution is 2.28. The number of rotatable bonds is 7. The number of aromatic nitrogens is 2. The summed E-state index contributed by atoms with van der Waals surface area (Å²) in [5.74, 6) is 0.511. The van der Waals surface area contributed by atoms with Crippen LogP contribution in [-0.2, 0) is 15.0 Å². The molecule has 2 rings (SSSR count). The lowest BCUT2D eigenvalue weighted by Crippen LogP contribution is -2.42. The third-order valence-electron chi connectivity index (χ3n) is 5.28. The maximum absolute atomic E-state index is 13.0. The number of nitrogens with zero attached hydrogens (tertiary/aromatic N) is 3. The molecule has 0 spiro atoms. The second-order valence-corrected chi connectivity index (χ2v) is 10.1. The van der Waals surface area contributed by atoms with Gasteiger partial charge in [-0.3, -0.25) is 9.59 Å². The zero-order valence-electron chi connectivity index (χ0n) is 20.5. The van der Waals surface area contributed by atoms with E-state index in [1.807, 2.05) is 45.9 Å². The SMILES string of the molecule is Cc1cccc(-n2nc(C(C)(C)C)cc2NC(=O)CN(CC(C)C)C(=O)C(C)C)c1C. The Balaban J connectivity index is 2.38. The molecule has 0 aliphatic heterocycles. The molecule has 31 heavy (non-hydrogen) atoms. The highest BCUT2D eigenvalue weighted by molar-refractivity contribution is 5.94. The number of nitrogens with one attached hydrogen (secondary N) is 1. The van der Waals surface area contributed by atoms with Crippen LogP contribution < -0.4 is 5.32 Å². The number of hydrogen-bond donors (Lipinski definition) is 1. The zero-order chi connectivity index (χ0) is 23.5. The molecule has 1 aromatic carbocycles. The summed E-state index contributed by atoms with van der Waals surface area (Å²) in [4.78, 5) is 27.2. The topological polar surface area (TPSA) is 67.2 Å². The maximum atomic E-state index is 13.0. The Hall–Kier alpha value is -2.63. The van der Waals surface area contributed by atoms with Gasteiger partial charge in [-0.25, -0.2) is 4.68 Å². The number of amides is 2. The van der Waals surface area contributed by atoms with Crippen LogP contribution in [0.1, 0.15) is 65.3 Å². The van der Waals surface area contributed by atoms with E-state index < -0.39 is 0 Å². The van der Waals surface area contributed by atoms with Crippen LogP contribution >= 0.6 is 0 Å². The minimum Gasteiger partial charge on any atom is -0.333 e. The molecular weight excluding hydrogens is 388 g/mol. The molecule has 0 saturated heterocycles. The molecule has 0 unspecified atom stereocenters. The Morgan fingerprint density at radius 1 is 1.13 bits per heavy atom. The Kier molecular flexibility index (Phi) is 7.68. The summed E-state index contributed by atoms with van der Waals surface area (Å²) in [7, 11) is 0. The molecular formula is C25H38N4O2. The first kappa shape index (κ1) is 24.6. The molecule has 0 aliphatic rings. The largest absolute Gasteiger partial charge is 0.333 e. The molecule has 1 heterocycles. The summed E-state index contributed by atoms with van der Waals surface area (Å²) >= 11 is 0.